The molecule has 3 N–H and O–H groups in total. The predicted octanol–water partition coefficient (Wildman–Crippen LogP) is 2.05. The fourth-order valence-electron chi connectivity index (χ4n) is 2.97. The largest absolute Gasteiger partial charge is 0.357 e. The van der Waals surface area contributed by atoms with Crippen LogP contribution in [-0.4, -0.2) is 49.0 Å². The Kier molecular flexibility index (Phi) is 7.64. The van der Waals surface area contributed by atoms with Gasteiger partial charge in [0, 0.05) is 6.54 Å². The minimum atomic E-state index is -0.344. The molecule has 148 valence electrons. The molecule has 1 aliphatic rings. The Morgan fingerprint density at radius 3 is 2.48 bits per heavy atom. The molecule has 3 amide bonds. The molecular formula is C20H31N5O2. The smallest absolute Gasteiger partial charge is 0.324 e. The molecule has 0 aromatic heterocycles. The van der Waals surface area contributed by atoms with E-state index in [1.807, 2.05) is 6.92 Å². The van der Waals surface area contributed by atoms with Gasteiger partial charge in [0.15, 0.2) is 5.96 Å². The van der Waals surface area contributed by atoms with E-state index < -0.39 is 0 Å². The van der Waals surface area contributed by atoms with E-state index in [0.29, 0.717) is 18.4 Å². The van der Waals surface area contributed by atoms with E-state index in [1.54, 1.807) is 0 Å². The first-order valence-electron chi connectivity index (χ1n) is 9.62. The molecular weight excluding hydrogens is 342 g/mol. The summed E-state index contributed by atoms with van der Waals surface area (Å²) in [4.78, 5) is 28.9. The number of imide groups is 1. The first kappa shape index (κ1) is 20.7. The number of carbonyl (C=O) groups excluding carboxylic acids is 2. The average molecular weight is 374 g/mol. The highest BCUT2D eigenvalue weighted by molar-refractivity contribution is 6.01. The van der Waals surface area contributed by atoms with Gasteiger partial charge in [0.1, 0.15) is 0 Å². The zero-order valence-corrected chi connectivity index (χ0v) is 16.7. The summed E-state index contributed by atoms with van der Waals surface area (Å²) in [6.45, 7) is 9.96. The van der Waals surface area contributed by atoms with Crippen LogP contribution in [0.4, 0.5) is 4.79 Å². The monoisotopic (exact) mass is 373 g/mol. The average Bonchev–Trinajstić information content (AvgIpc) is 2.94. The molecule has 1 aromatic rings. The molecule has 1 saturated heterocycles. The maximum atomic E-state index is 11.6. The molecule has 1 fully saturated rings. The van der Waals surface area contributed by atoms with Crippen LogP contribution in [-0.2, 0) is 11.2 Å². The number of benzene rings is 1. The number of guanidine groups is 1. The summed E-state index contributed by atoms with van der Waals surface area (Å²) in [5.74, 6) is 1.11. The molecule has 1 aliphatic heterocycles. The lowest BCUT2D eigenvalue weighted by molar-refractivity contribution is -0.124. The Morgan fingerprint density at radius 2 is 1.93 bits per heavy atom. The van der Waals surface area contributed by atoms with Gasteiger partial charge in [-0.3, -0.25) is 14.7 Å². The van der Waals surface area contributed by atoms with E-state index in [2.05, 4.69) is 66.0 Å². The van der Waals surface area contributed by atoms with Crippen LogP contribution in [0.5, 0.6) is 0 Å². The van der Waals surface area contributed by atoms with E-state index >= 15 is 0 Å². The summed E-state index contributed by atoms with van der Waals surface area (Å²) in [5.41, 5.74) is 2.53. The van der Waals surface area contributed by atoms with E-state index in [0.717, 1.165) is 13.0 Å². The lowest BCUT2D eigenvalue weighted by atomic mass is 10.00. The third kappa shape index (κ3) is 6.27. The number of aliphatic imine (C=N–C) groups is 1. The number of amides is 3. The van der Waals surface area contributed by atoms with Crippen molar-refractivity contribution in [3.63, 3.8) is 0 Å². The van der Waals surface area contributed by atoms with E-state index in [9.17, 15) is 9.59 Å². The highest BCUT2D eigenvalue weighted by Crippen LogP contribution is 2.15. The second kappa shape index (κ2) is 9.94. The number of rotatable bonds is 8. The Bertz CT molecular complexity index is 653. The van der Waals surface area contributed by atoms with Gasteiger partial charge in [0.25, 0.3) is 0 Å². The second-order valence-electron chi connectivity index (χ2n) is 7.17. The van der Waals surface area contributed by atoms with Gasteiger partial charge in [-0.15, -0.1) is 0 Å². The molecule has 0 radical (unpaired) electrons. The van der Waals surface area contributed by atoms with E-state index in [1.165, 1.54) is 16.0 Å². The SMILES string of the molecule is CCNC(=NCCN1C(=O)CNC1=O)NC(C)c1ccc(CC(C)C)cc1. The van der Waals surface area contributed by atoms with Crippen molar-refractivity contribution >= 4 is 17.9 Å². The molecule has 7 heteroatoms. The van der Waals surface area contributed by atoms with Crippen LogP contribution < -0.4 is 16.0 Å². The predicted molar refractivity (Wildman–Crippen MR) is 108 cm³/mol. The first-order chi connectivity index (χ1) is 12.9. The van der Waals surface area contributed by atoms with Gasteiger partial charge in [-0.2, -0.15) is 0 Å². The summed E-state index contributed by atoms with van der Waals surface area (Å²) in [6.07, 6.45) is 1.08. The van der Waals surface area contributed by atoms with E-state index in [4.69, 9.17) is 0 Å². The summed E-state index contributed by atoms with van der Waals surface area (Å²) in [5, 5.41) is 9.09. The van der Waals surface area contributed by atoms with Crippen LogP contribution in [0.2, 0.25) is 0 Å². The molecule has 27 heavy (non-hydrogen) atoms. The number of urea groups is 1. The van der Waals surface area contributed by atoms with Crippen molar-refractivity contribution in [3.8, 4) is 0 Å². The fourth-order valence-corrected chi connectivity index (χ4v) is 2.97. The molecule has 0 spiro atoms. The van der Waals surface area contributed by atoms with Gasteiger partial charge in [-0.1, -0.05) is 38.1 Å². The summed E-state index contributed by atoms with van der Waals surface area (Å²) >= 11 is 0. The summed E-state index contributed by atoms with van der Waals surface area (Å²) in [7, 11) is 0. The van der Waals surface area contributed by atoms with Gasteiger partial charge in [0.2, 0.25) is 5.91 Å². The topological polar surface area (TPSA) is 85.8 Å². The van der Waals surface area contributed by atoms with E-state index in [-0.39, 0.29) is 31.1 Å². The standard InChI is InChI=1S/C20H31N5O2/c1-5-21-19(22-10-11-25-18(26)13-23-20(25)27)24-15(4)17-8-6-16(7-9-17)12-14(2)3/h6-9,14-15H,5,10-13H2,1-4H3,(H,23,27)(H2,21,22,24). The molecule has 2 rings (SSSR count). The Morgan fingerprint density at radius 1 is 1.22 bits per heavy atom. The highest BCUT2D eigenvalue weighted by Gasteiger charge is 2.27. The Hall–Kier alpha value is -2.57. The third-order valence-corrected chi connectivity index (χ3v) is 4.35. The Balaban J connectivity index is 1.93. The van der Waals surface area contributed by atoms with Gasteiger partial charge in [0.05, 0.1) is 25.7 Å². The van der Waals surface area contributed by atoms with Crippen molar-refractivity contribution in [2.45, 2.75) is 40.2 Å². The van der Waals surface area contributed by atoms with Crippen molar-refractivity contribution in [2.75, 3.05) is 26.2 Å². The molecule has 0 bridgehead atoms. The quantitative estimate of drug-likeness (QED) is 0.370. The maximum Gasteiger partial charge on any atom is 0.324 e. The zero-order chi connectivity index (χ0) is 19.8. The minimum absolute atomic E-state index is 0.0741. The van der Waals surface area contributed by atoms with Crippen molar-refractivity contribution in [1.82, 2.24) is 20.9 Å². The Labute approximate surface area is 161 Å². The molecule has 1 atom stereocenters. The van der Waals surface area contributed by atoms with Crippen LogP contribution >= 0.6 is 0 Å². The van der Waals surface area contributed by atoms with Gasteiger partial charge < -0.3 is 16.0 Å². The van der Waals surface area contributed by atoms with Gasteiger partial charge in [-0.05, 0) is 37.3 Å². The zero-order valence-electron chi connectivity index (χ0n) is 16.7. The van der Waals surface area contributed by atoms with Crippen molar-refractivity contribution in [3.05, 3.63) is 35.4 Å². The van der Waals surface area contributed by atoms with Crippen molar-refractivity contribution in [2.24, 2.45) is 10.9 Å². The van der Waals surface area contributed by atoms with Crippen LogP contribution in [0.3, 0.4) is 0 Å². The van der Waals surface area contributed by atoms with Crippen molar-refractivity contribution in [1.29, 1.82) is 0 Å². The maximum absolute atomic E-state index is 11.6. The lowest BCUT2D eigenvalue weighted by Crippen LogP contribution is -2.40. The normalized spacial score (nSPS) is 15.9. The van der Waals surface area contributed by atoms with Crippen LogP contribution in [0.1, 0.15) is 44.9 Å². The van der Waals surface area contributed by atoms with Crippen LogP contribution in [0, 0.1) is 5.92 Å². The molecule has 1 unspecified atom stereocenters. The number of nitrogens with one attached hydrogen (secondary N) is 3. The third-order valence-electron chi connectivity index (χ3n) is 4.35. The second-order valence-corrected chi connectivity index (χ2v) is 7.17. The lowest BCUT2D eigenvalue weighted by Gasteiger charge is -2.19. The summed E-state index contributed by atoms with van der Waals surface area (Å²) in [6, 6.07) is 8.39. The van der Waals surface area contributed by atoms with Crippen molar-refractivity contribution < 1.29 is 9.59 Å². The molecule has 1 heterocycles. The van der Waals surface area contributed by atoms with Crippen LogP contribution in [0.15, 0.2) is 29.3 Å². The van der Waals surface area contributed by atoms with Crippen LogP contribution in [0.25, 0.3) is 0 Å². The number of nitrogens with zero attached hydrogens (tertiary/aromatic N) is 2. The molecule has 0 saturated carbocycles. The first-order valence-corrected chi connectivity index (χ1v) is 9.62. The van der Waals surface area contributed by atoms with Gasteiger partial charge >= 0.3 is 6.03 Å². The number of hydrogen-bond donors (Lipinski definition) is 3. The minimum Gasteiger partial charge on any atom is -0.357 e. The molecule has 0 aliphatic carbocycles. The van der Waals surface area contributed by atoms with Gasteiger partial charge in [-0.25, -0.2) is 4.79 Å². The summed E-state index contributed by atoms with van der Waals surface area (Å²) < 4.78 is 0. The molecule has 1 aromatic carbocycles. The number of hydrogen-bond acceptors (Lipinski definition) is 3. The fraction of sp³-hybridized carbons (Fsp3) is 0.550. The number of carbonyl (C=O) groups is 2. The molecule has 7 nitrogen and oxygen atoms in total. The highest BCUT2D eigenvalue weighted by atomic mass is 16.2.